The number of carbonyl (C=O) groups excluding carboxylic acids is 1. The van der Waals surface area contributed by atoms with Crippen LogP contribution in [-0.4, -0.2) is 15.7 Å². The van der Waals surface area contributed by atoms with Crippen molar-refractivity contribution in [3.05, 3.63) is 53.3 Å². The highest BCUT2D eigenvalue weighted by Crippen LogP contribution is 2.04. The molecule has 0 saturated carbocycles. The standard InChI is InChI=1S/C15H19N3O/c1-12-10-14(18(2)17-12)11-16-15(19)9-8-13-6-4-3-5-7-13/h3-7,10H,8-9,11H2,1-2H3,(H,16,19). The molecule has 0 aliphatic carbocycles. The fourth-order valence-electron chi connectivity index (χ4n) is 2.01. The number of rotatable bonds is 5. The van der Waals surface area contributed by atoms with Crippen molar-refractivity contribution < 1.29 is 4.79 Å². The van der Waals surface area contributed by atoms with Crippen molar-refractivity contribution in [3.8, 4) is 0 Å². The second-order valence-corrected chi connectivity index (χ2v) is 4.66. The van der Waals surface area contributed by atoms with E-state index in [9.17, 15) is 4.79 Å². The second kappa shape index (κ2) is 6.18. The quantitative estimate of drug-likeness (QED) is 0.890. The summed E-state index contributed by atoms with van der Waals surface area (Å²) in [6, 6.07) is 12.0. The van der Waals surface area contributed by atoms with Gasteiger partial charge in [-0.15, -0.1) is 0 Å². The average molecular weight is 257 g/mol. The van der Waals surface area contributed by atoms with Crippen molar-refractivity contribution in [3.63, 3.8) is 0 Å². The molecule has 100 valence electrons. The van der Waals surface area contributed by atoms with Gasteiger partial charge in [0.05, 0.1) is 17.9 Å². The number of nitrogens with zero attached hydrogens (tertiary/aromatic N) is 2. The Morgan fingerprint density at radius 3 is 2.68 bits per heavy atom. The summed E-state index contributed by atoms with van der Waals surface area (Å²) in [5.41, 5.74) is 3.18. The maximum Gasteiger partial charge on any atom is 0.220 e. The minimum Gasteiger partial charge on any atom is -0.350 e. The van der Waals surface area contributed by atoms with E-state index in [0.29, 0.717) is 13.0 Å². The van der Waals surface area contributed by atoms with E-state index in [-0.39, 0.29) is 5.91 Å². The molecule has 0 bridgehead atoms. The van der Waals surface area contributed by atoms with E-state index in [0.717, 1.165) is 17.8 Å². The third-order valence-electron chi connectivity index (χ3n) is 3.05. The van der Waals surface area contributed by atoms with Crippen LogP contribution in [0.3, 0.4) is 0 Å². The van der Waals surface area contributed by atoms with Crippen molar-refractivity contribution >= 4 is 5.91 Å². The fraction of sp³-hybridized carbons (Fsp3) is 0.333. The molecule has 19 heavy (non-hydrogen) atoms. The highest BCUT2D eigenvalue weighted by Gasteiger charge is 2.05. The Morgan fingerprint density at radius 1 is 1.32 bits per heavy atom. The van der Waals surface area contributed by atoms with Crippen molar-refractivity contribution in [2.45, 2.75) is 26.3 Å². The molecular weight excluding hydrogens is 238 g/mol. The molecule has 4 nitrogen and oxygen atoms in total. The lowest BCUT2D eigenvalue weighted by Crippen LogP contribution is -2.24. The molecule has 4 heteroatoms. The number of hydrogen-bond donors (Lipinski definition) is 1. The molecule has 0 fully saturated rings. The van der Waals surface area contributed by atoms with E-state index in [1.165, 1.54) is 5.56 Å². The lowest BCUT2D eigenvalue weighted by atomic mass is 10.1. The maximum absolute atomic E-state index is 11.8. The highest BCUT2D eigenvalue weighted by atomic mass is 16.1. The minimum absolute atomic E-state index is 0.0720. The molecule has 0 aliphatic heterocycles. The van der Waals surface area contributed by atoms with Crippen LogP contribution in [0.4, 0.5) is 0 Å². The van der Waals surface area contributed by atoms with Crippen molar-refractivity contribution in [2.24, 2.45) is 7.05 Å². The Morgan fingerprint density at radius 2 is 2.05 bits per heavy atom. The second-order valence-electron chi connectivity index (χ2n) is 4.66. The van der Waals surface area contributed by atoms with Crippen LogP contribution < -0.4 is 5.32 Å². The van der Waals surface area contributed by atoms with Gasteiger partial charge in [-0.3, -0.25) is 9.48 Å². The molecule has 2 rings (SSSR count). The first-order valence-electron chi connectivity index (χ1n) is 6.45. The number of nitrogens with one attached hydrogen (secondary N) is 1. The van der Waals surface area contributed by atoms with E-state index in [1.54, 1.807) is 4.68 Å². The van der Waals surface area contributed by atoms with Gasteiger partial charge in [-0.1, -0.05) is 30.3 Å². The fourth-order valence-corrected chi connectivity index (χ4v) is 2.01. The molecule has 0 aliphatic rings. The Labute approximate surface area is 113 Å². The van der Waals surface area contributed by atoms with E-state index in [4.69, 9.17) is 0 Å². The molecular formula is C15H19N3O. The summed E-state index contributed by atoms with van der Waals surface area (Å²) >= 11 is 0. The van der Waals surface area contributed by atoms with Gasteiger partial charge in [0.1, 0.15) is 0 Å². The maximum atomic E-state index is 11.8. The van der Waals surface area contributed by atoms with Crippen LogP contribution in [0, 0.1) is 6.92 Å². The number of hydrogen-bond acceptors (Lipinski definition) is 2. The third-order valence-corrected chi connectivity index (χ3v) is 3.05. The van der Waals surface area contributed by atoms with Gasteiger partial charge in [0.2, 0.25) is 5.91 Å². The molecule has 1 aromatic carbocycles. The Balaban J connectivity index is 1.77. The van der Waals surface area contributed by atoms with Crippen molar-refractivity contribution in [1.29, 1.82) is 0 Å². The topological polar surface area (TPSA) is 46.9 Å². The zero-order valence-electron chi connectivity index (χ0n) is 11.4. The van der Waals surface area contributed by atoms with Gasteiger partial charge < -0.3 is 5.32 Å². The minimum atomic E-state index is 0.0720. The van der Waals surface area contributed by atoms with Gasteiger partial charge in [-0.25, -0.2) is 0 Å². The molecule has 2 aromatic rings. The summed E-state index contributed by atoms with van der Waals surface area (Å²) in [7, 11) is 1.89. The zero-order valence-corrected chi connectivity index (χ0v) is 11.4. The molecule has 1 aromatic heterocycles. The molecule has 0 spiro atoms. The highest BCUT2D eigenvalue weighted by molar-refractivity contribution is 5.76. The number of aryl methyl sites for hydroxylation is 3. The Bertz CT molecular complexity index is 546. The summed E-state index contributed by atoms with van der Waals surface area (Å²) in [5.74, 6) is 0.0720. The summed E-state index contributed by atoms with van der Waals surface area (Å²) in [4.78, 5) is 11.8. The van der Waals surface area contributed by atoms with Gasteiger partial charge in [0.15, 0.2) is 0 Å². The smallest absolute Gasteiger partial charge is 0.220 e. The van der Waals surface area contributed by atoms with Gasteiger partial charge in [-0.2, -0.15) is 5.10 Å². The van der Waals surface area contributed by atoms with E-state index in [2.05, 4.69) is 10.4 Å². The SMILES string of the molecule is Cc1cc(CNC(=O)CCc2ccccc2)n(C)n1. The first-order valence-corrected chi connectivity index (χ1v) is 6.45. The van der Waals surface area contributed by atoms with Gasteiger partial charge >= 0.3 is 0 Å². The molecule has 1 N–H and O–H groups in total. The average Bonchev–Trinajstić information content (AvgIpc) is 2.73. The zero-order chi connectivity index (χ0) is 13.7. The van der Waals surface area contributed by atoms with Crippen LogP contribution >= 0.6 is 0 Å². The number of benzene rings is 1. The summed E-state index contributed by atoms with van der Waals surface area (Å²) in [6.45, 7) is 2.48. The summed E-state index contributed by atoms with van der Waals surface area (Å²) in [5, 5.41) is 7.17. The Hall–Kier alpha value is -2.10. The lowest BCUT2D eigenvalue weighted by molar-refractivity contribution is -0.121. The van der Waals surface area contributed by atoms with Gasteiger partial charge in [0, 0.05) is 13.5 Å². The number of aromatic nitrogens is 2. The van der Waals surface area contributed by atoms with E-state index < -0.39 is 0 Å². The van der Waals surface area contributed by atoms with Crippen LogP contribution in [0.15, 0.2) is 36.4 Å². The predicted molar refractivity (Wildman–Crippen MR) is 74.6 cm³/mol. The van der Waals surface area contributed by atoms with Crippen LogP contribution in [0.1, 0.15) is 23.4 Å². The first-order chi connectivity index (χ1) is 9.15. The molecule has 0 unspecified atom stereocenters. The predicted octanol–water partition coefficient (Wildman–Crippen LogP) is 1.98. The largest absolute Gasteiger partial charge is 0.350 e. The molecule has 1 amide bonds. The van der Waals surface area contributed by atoms with Crippen LogP contribution in [0.25, 0.3) is 0 Å². The van der Waals surface area contributed by atoms with Gasteiger partial charge in [0.25, 0.3) is 0 Å². The molecule has 0 radical (unpaired) electrons. The lowest BCUT2D eigenvalue weighted by Gasteiger charge is -2.05. The van der Waals surface area contributed by atoms with Crippen LogP contribution in [0.5, 0.6) is 0 Å². The van der Waals surface area contributed by atoms with Crippen molar-refractivity contribution in [1.82, 2.24) is 15.1 Å². The van der Waals surface area contributed by atoms with Crippen LogP contribution in [0.2, 0.25) is 0 Å². The molecule has 0 saturated heterocycles. The van der Waals surface area contributed by atoms with Crippen molar-refractivity contribution in [2.75, 3.05) is 0 Å². The first kappa shape index (κ1) is 13.3. The summed E-state index contributed by atoms with van der Waals surface area (Å²) in [6.07, 6.45) is 1.29. The van der Waals surface area contributed by atoms with Gasteiger partial charge in [-0.05, 0) is 25.0 Å². The van der Waals surface area contributed by atoms with Crippen LogP contribution in [-0.2, 0) is 24.8 Å². The Kier molecular flexibility index (Phi) is 4.34. The number of carbonyl (C=O) groups is 1. The third kappa shape index (κ3) is 3.95. The molecule has 0 atom stereocenters. The number of amides is 1. The molecule has 1 heterocycles. The van der Waals surface area contributed by atoms with E-state index in [1.807, 2.05) is 50.4 Å². The normalized spacial score (nSPS) is 10.4. The monoisotopic (exact) mass is 257 g/mol. The summed E-state index contributed by atoms with van der Waals surface area (Å²) < 4.78 is 1.80. The van der Waals surface area contributed by atoms with E-state index >= 15 is 0 Å².